The SMILES string of the molecule is CCOCCSCCCCCCCCCCCCS(C)(CC)c1c(F)c(F)c(F)c(F)c1F. The van der Waals surface area contributed by atoms with Gasteiger partial charge in [-0.2, -0.15) is 11.8 Å². The highest BCUT2D eigenvalue weighted by molar-refractivity contribution is 8.33. The van der Waals surface area contributed by atoms with Crippen molar-refractivity contribution in [3.63, 3.8) is 0 Å². The zero-order chi connectivity index (χ0) is 24.7. The van der Waals surface area contributed by atoms with Crippen molar-refractivity contribution in [3.8, 4) is 0 Å². The third kappa shape index (κ3) is 10.4. The van der Waals surface area contributed by atoms with E-state index < -0.39 is 44.0 Å². The average molecular weight is 517 g/mol. The summed E-state index contributed by atoms with van der Waals surface area (Å²) in [6, 6.07) is 0. The second kappa shape index (κ2) is 17.0. The van der Waals surface area contributed by atoms with Gasteiger partial charge >= 0.3 is 0 Å². The van der Waals surface area contributed by atoms with E-state index in [9.17, 15) is 22.0 Å². The molecule has 0 fully saturated rings. The topological polar surface area (TPSA) is 9.23 Å². The Morgan fingerprint density at radius 3 is 1.58 bits per heavy atom. The molecule has 0 aromatic heterocycles. The Morgan fingerprint density at radius 2 is 1.09 bits per heavy atom. The van der Waals surface area contributed by atoms with Gasteiger partial charge in [0.2, 0.25) is 5.82 Å². The number of halogens is 5. The van der Waals surface area contributed by atoms with Crippen LogP contribution in [-0.2, 0) is 4.74 Å². The summed E-state index contributed by atoms with van der Waals surface area (Å²) in [6.07, 6.45) is 12.9. The van der Waals surface area contributed by atoms with Gasteiger partial charge in [-0.15, -0.1) is 0 Å². The lowest BCUT2D eigenvalue weighted by Gasteiger charge is -2.36. The van der Waals surface area contributed by atoms with E-state index in [4.69, 9.17) is 4.74 Å². The van der Waals surface area contributed by atoms with Crippen LogP contribution < -0.4 is 0 Å². The molecule has 0 radical (unpaired) electrons. The summed E-state index contributed by atoms with van der Waals surface area (Å²) >= 11 is 1.96. The van der Waals surface area contributed by atoms with Crippen LogP contribution in [0.1, 0.15) is 78.1 Å². The quantitative estimate of drug-likeness (QED) is 0.0786. The molecule has 33 heavy (non-hydrogen) atoms. The van der Waals surface area contributed by atoms with E-state index in [2.05, 4.69) is 0 Å². The number of thioether (sulfide) groups is 1. The van der Waals surface area contributed by atoms with Crippen LogP contribution in [-0.4, -0.2) is 42.5 Å². The van der Waals surface area contributed by atoms with Crippen LogP contribution in [0.5, 0.6) is 0 Å². The second-order valence-electron chi connectivity index (χ2n) is 8.51. The van der Waals surface area contributed by atoms with Gasteiger partial charge < -0.3 is 4.74 Å². The molecule has 1 aromatic carbocycles. The van der Waals surface area contributed by atoms with E-state index in [1.54, 1.807) is 13.2 Å². The van der Waals surface area contributed by atoms with Gasteiger partial charge in [-0.1, -0.05) is 58.3 Å². The second-order valence-corrected chi connectivity index (χ2v) is 13.7. The van der Waals surface area contributed by atoms with Crippen molar-refractivity contribution in [3.05, 3.63) is 29.1 Å². The summed E-state index contributed by atoms with van der Waals surface area (Å²) in [5, 5.41) is 0. The summed E-state index contributed by atoms with van der Waals surface area (Å²) in [7, 11) is -2.10. The van der Waals surface area contributed by atoms with E-state index >= 15 is 0 Å². The monoisotopic (exact) mass is 516 g/mol. The molecule has 0 aliphatic heterocycles. The molecule has 0 heterocycles. The first kappa shape index (κ1) is 30.6. The number of benzene rings is 1. The molecule has 1 aromatic rings. The van der Waals surface area contributed by atoms with Crippen molar-refractivity contribution in [2.45, 2.75) is 83.0 Å². The fourth-order valence-electron chi connectivity index (χ4n) is 3.81. The standard InChI is InChI=1S/C25H41F5OS2/c1-4-31-16-18-32-17-14-12-10-8-6-7-9-11-13-15-19-33(3,5-2)25-23(29)21(27)20(26)22(28)24(25)30/h4-19H2,1-3H3. The summed E-state index contributed by atoms with van der Waals surface area (Å²) in [6.45, 7) is 5.41. The Labute approximate surface area is 202 Å². The van der Waals surface area contributed by atoms with Gasteiger partial charge in [-0.25, -0.2) is 32.0 Å². The number of rotatable bonds is 19. The lowest BCUT2D eigenvalue weighted by molar-refractivity contribution is 0.164. The fraction of sp³-hybridized carbons (Fsp3) is 0.760. The minimum atomic E-state index is -2.10. The van der Waals surface area contributed by atoms with Crippen molar-refractivity contribution in [1.82, 2.24) is 0 Å². The first-order chi connectivity index (χ1) is 15.8. The number of hydrogen-bond donors (Lipinski definition) is 0. The van der Waals surface area contributed by atoms with Crippen LogP contribution >= 0.6 is 21.8 Å². The normalized spacial score (nSPS) is 14.4. The minimum Gasteiger partial charge on any atom is -0.381 e. The molecule has 0 N–H and O–H groups in total. The van der Waals surface area contributed by atoms with Gasteiger partial charge in [-0.3, -0.25) is 0 Å². The van der Waals surface area contributed by atoms with Crippen LogP contribution in [0.25, 0.3) is 0 Å². The predicted molar refractivity (Wildman–Crippen MR) is 133 cm³/mol. The molecule has 0 bridgehead atoms. The fourth-order valence-corrected chi connectivity index (χ4v) is 7.33. The van der Waals surface area contributed by atoms with Crippen molar-refractivity contribution in [1.29, 1.82) is 0 Å². The molecule has 0 aliphatic carbocycles. The molecule has 0 saturated heterocycles. The van der Waals surface area contributed by atoms with Crippen molar-refractivity contribution in [2.75, 3.05) is 42.5 Å². The van der Waals surface area contributed by atoms with Gasteiger partial charge in [0.15, 0.2) is 23.3 Å². The van der Waals surface area contributed by atoms with Crippen molar-refractivity contribution >= 4 is 21.8 Å². The summed E-state index contributed by atoms with van der Waals surface area (Å²) in [5.74, 6) is -5.92. The molecular weight excluding hydrogens is 475 g/mol. The smallest absolute Gasteiger partial charge is 0.200 e. The average Bonchev–Trinajstić information content (AvgIpc) is 2.81. The Hall–Kier alpha value is -0.470. The lowest BCUT2D eigenvalue weighted by Crippen LogP contribution is -2.15. The molecular formula is C25H41F5OS2. The van der Waals surface area contributed by atoms with E-state index in [1.807, 2.05) is 18.7 Å². The van der Waals surface area contributed by atoms with Gasteiger partial charge in [0.1, 0.15) is 0 Å². The number of hydrogen-bond acceptors (Lipinski definition) is 2. The molecule has 0 saturated carbocycles. The molecule has 1 atom stereocenters. The molecule has 1 rings (SSSR count). The highest BCUT2D eigenvalue weighted by Gasteiger charge is 2.33. The molecule has 1 nitrogen and oxygen atoms in total. The third-order valence-corrected chi connectivity index (χ3v) is 10.8. The maximum absolute atomic E-state index is 14.3. The first-order valence-electron chi connectivity index (χ1n) is 12.2. The van der Waals surface area contributed by atoms with Crippen LogP contribution in [0, 0.1) is 29.1 Å². The van der Waals surface area contributed by atoms with Crippen molar-refractivity contribution < 1.29 is 26.7 Å². The number of ether oxygens (including phenoxy) is 1. The van der Waals surface area contributed by atoms with E-state index in [0.717, 1.165) is 44.6 Å². The molecule has 8 heteroatoms. The van der Waals surface area contributed by atoms with Gasteiger partial charge in [0.05, 0.1) is 11.5 Å². The number of unbranched alkanes of at least 4 members (excludes halogenated alkanes) is 9. The summed E-state index contributed by atoms with van der Waals surface area (Å²) < 4.78 is 74.6. The zero-order valence-electron chi connectivity index (χ0n) is 20.4. The van der Waals surface area contributed by atoms with Gasteiger partial charge in [-0.05, 0) is 43.3 Å². The van der Waals surface area contributed by atoms with Crippen LogP contribution in [0.2, 0.25) is 0 Å². The molecule has 0 spiro atoms. The zero-order valence-corrected chi connectivity index (χ0v) is 22.1. The highest BCUT2D eigenvalue weighted by atomic mass is 32.3. The van der Waals surface area contributed by atoms with Gasteiger partial charge in [0, 0.05) is 12.4 Å². The maximum atomic E-state index is 14.3. The third-order valence-electron chi connectivity index (χ3n) is 6.01. The Kier molecular flexibility index (Phi) is 15.8. The molecule has 194 valence electrons. The first-order valence-corrected chi connectivity index (χ1v) is 15.7. The minimum absolute atomic E-state index is 0.385. The summed E-state index contributed by atoms with van der Waals surface area (Å²) in [5.41, 5.74) is 0. The van der Waals surface area contributed by atoms with Gasteiger partial charge in [0.25, 0.3) is 0 Å². The molecule has 1 unspecified atom stereocenters. The Morgan fingerprint density at radius 1 is 0.636 bits per heavy atom. The largest absolute Gasteiger partial charge is 0.381 e. The van der Waals surface area contributed by atoms with E-state index in [1.165, 1.54) is 44.3 Å². The summed E-state index contributed by atoms with van der Waals surface area (Å²) in [4.78, 5) is -0.589. The predicted octanol–water partition coefficient (Wildman–Crippen LogP) is 8.87. The molecule has 0 aliphatic rings. The molecule has 0 amide bonds. The van der Waals surface area contributed by atoms with Crippen LogP contribution in [0.4, 0.5) is 22.0 Å². The van der Waals surface area contributed by atoms with Crippen LogP contribution in [0.15, 0.2) is 4.90 Å². The Balaban J connectivity index is 2.20. The van der Waals surface area contributed by atoms with Crippen LogP contribution in [0.3, 0.4) is 0 Å². The Bertz CT molecular complexity index is 660. The van der Waals surface area contributed by atoms with Crippen molar-refractivity contribution in [2.24, 2.45) is 0 Å². The maximum Gasteiger partial charge on any atom is 0.200 e. The highest BCUT2D eigenvalue weighted by Crippen LogP contribution is 2.55. The van der Waals surface area contributed by atoms with E-state index in [-0.39, 0.29) is 0 Å². The van der Waals surface area contributed by atoms with E-state index in [0.29, 0.717) is 11.5 Å². The lowest BCUT2D eigenvalue weighted by atomic mass is 10.1.